The molecular weight excluding hydrogens is 354 g/mol. The lowest BCUT2D eigenvalue weighted by Gasteiger charge is -2.06. The second kappa shape index (κ2) is 5.69. The fraction of sp³-hybridized carbons (Fsp3) is 0.100. The van der Waals surface area contributed by atoms with Crippen molar-refractivity contribution in [2.24, 2.45) is 0 Å². The van der Waals surface area contributed by atoms with Crippen molar-refractivity contribution in [3.05, 3.63) is 50.8 Å². The summed E-state index contributed by atoms with van der Waals surface area (Å²) in [6.07, 6.45) is 1.37. The van der Waals surface area contributed by atoms with Gasteiger partial charge in [0.25, 0.3) is 5.69 Å². The average Bonchev–Trinajstić information content (AvgIpc) is 2.89. The molecule has 1 heterocycles. The summed E-state index contributed by atoms with van der Waals surface area (Å²) in [5.41, 5.74) is -0.502. The van der Waals surface area contributed by atoms with Crippen molar-refractivity contribution in [2.45, 2.75) is 11.4 Å². The van der Waals surface area contributed by atoms with Crippen LogP contribution in [-0.4, -0.2) is 18.5 Å². The van der Waals surface area contributed by atoms with Gasteiger partial charge in [-0.1, -0.05) is 21.1 Å². The molecule has 0 atom stereocenters. The highest BCUT2D eigenvalue weighted by Gasteiger charge is 2.26. The van der Waals surface area contributed by atoms with E-state index < -0.39 is 25.5 Å². The van der Waals surface area contributed by atoms with Crippen molar-refractivity contribution >= 4 is 31.6 Å². The molecule has 0 radical (unpaired) electrons. The summed E-state index contributed by atoms with van der Waals surface area (Å²) in [7, 11) is -4.04. The molecule has 0 bridgehead atoms. The van der Waals surface area contributed by atoms with E-state index in [-0.39, 0.29) is 6.54 Å². The highest BCUT2D eigenvalue weighted by Crippen LogP contribution is 2.27. The lowest BCUT2D eigenvalue weighted by atomic mass is 10.3. The van der Waals surface area contributed by atoms with E-state index in [1.807, 2.05) is 0 Å². The van der Waals surface area contributed by atoms with Gasteiger partial charge in [0.1, 0.15) is 0 Å². The number of halogens is 1. The van der Waals surface area contributed by atoms with Gasteiger partial charge >= 0.3 is 0 Å². The standard InChI is InChI=1S/C10H8BrN3O5S/c11-7-1-2-9(14(15)16)10(5-7)20(17,18)13-6-8-3-4-12-19-8/h1-5,13H,6H2. The van der Waals surface area contributed by atoms with E-state index in [4.69, 9.17) is 4.52 Å². The Morgan fingerprint density at radius 3 is 2.75 bits per heavy atom. The fourth-order valence-electron chi connectivity index (χ4n) is 1.43. The highest BCUT2D eigenvalue weighted by atomic mass is 79.9. The molecule has 0 spiro atoms. The molecule has 2 aromatic rings. The third-order valence-electron chi connectivity index (χ3n) is 2.34. The summed E-state index contributed by atoms with van der Waals surface area (Å²) in [5.74, 6) is 0.297. The largest absolute Gasteiger partial charge is 0.360 e. The van der Waals surface area contributed by atoms with E-state index in [2.05, 4.69) is 25.8 Å². The Kier molecular flexibility index (Phi) is 4.16. The lowest BCUT2D eigenvalue weighted by molar-refractivity contribution is -0.387. The molecule has 2 rings (SSSR count). The van der Waals surface area contributed by atoms with E-state index in [0.29, 0.717) is 10.2 Å². The maximum atomic E-state index is 12.1. The van der Waals surface area contributed by atoms with Crippen LogP contribution in [0.25, 0.3) is 0 Å². The number of rotatable bonds is 5. The number of sulfonamides is 1. The molecule has 0 saturated carbocycles. The van der Waals surface area contributed by atoms with E-state index in [0.717, 1.165) is 6.07 Å². The summed E-state index contributed by atoms with van der Waals surface area (Å²) in [4.78, 5) is 9.71. The summed E-state index contributed by atoms with van der Waals surface area (Å²) in [6.45, 7) is -0.147. The molecule has 20 heavy (non-hydrogen) atoms. The van der Waals surface area contributed by atoms with Crippen LogP contribution in [0, 0.1) is 10.1 Å². The van der Waals surface area contributed by atoms with Crippen LogP contribution in [0.3, 0.4) is 0 Å². The van der Waals surface area contributed by atoms with Crippen LogP contribution in [0.4, 0.5) is 5.69 Å². The molecule has 1 N–H and O–H groups in total. The molecule has 0 aliphatic carbocycles. The van der Waals surface area contributed by atoms with Crippen molar-refractivity contribution in [3.8, 4) is 0 Å². The van der Waals surface area contributed by atoms with E-state index >= 15 is 0 Å². The first-order valence-electron chi connectivity index (χ1n) is 5.23. The van der Waals surface area contributed by atoms with E-state index in [1.54, 1.807) is 0 Å². The Bertz CT molecular complexity index is 729. The minimum absolute atomic E-state index is 0.147. The molecule has 8 nitrogen and oxygen atoms in total. The van der Waals surface area contributed by atoms with Gasteiger partial charge in [-0.15, -0.1) is 0 Å². The van der Waals surface area contributed by atoms with Gasteiger partial charge in [0.15, 0.2) is 10.7 Å². The first kappa shape index (κ1) is 14.6. The number of nitrogens with one attached hydrogen (secondary N) is 1. The molecule has 10 heteroatoms. The SMILES string of the molecule is O=[N+]([O-])c1ccc(Br)cc1S(=O)(=O)NCc1ccno1. The quantitative estimate of drug-likeness (QED) is 0.641. The summed E-state index contributed by atoms with van der Waals surface area (Å²) in [5, 5.41) is 14.3. The molecule has 0 aliphatic rings. The van der Waals surface area contributed by atoms with Crippen LogP contribution in [0.2, 0.25) is 0 Å². The number of nitro benzene ring substituents is 1. The third kappa shape index (κ3) is 3.21. The van der Waals surface area contributed by atoms with Gasteiger partial charge in [0.2, 0.25) is 10.0 Å². The number of benzene rings is 1. The maximum absolute atomic E-state index is 12.1. The van der Waals surface area contributed by atoms with Crippen LogP contribution in [0.5, 0.6) is 0 Å². The Labute approximate surface area is 122 Å². The average molecular weight is 362 g/mol. The van der Waals surface area contributed by atoms with Crippen LogP contribution in [0.15, 0.2) is 44.4 Å². The minimum Gasteiger partial charge on any atom is -0.360 e. The monoisotopic (exact) mass is 361 g/mol. The van der Waals surface area contributed by atoms with Crippen LogP contribution >= 0.6 is 15.9 Å². The van der Waals surface area contributed by atoms with Crippen molar-refractivity contribution in [3.63, 3.8) is 0 Å². The molecule has 1 aromatic heterocycles. The van der Waals surface area contributed by atoms with Gasteiger partial charge in [-0.05, 0) is 12.1 Å². The minimum atomic E-state index is -4.04. The Morgan fingerprint density at radius 1 is 1.40 bits per heavy atom. The smallest absolute Gasteiger partial charge is 0.289 e. The normalized spacial score (nSPS) is 11.4. The second-order valence-corrected chi connectivity index (χ2v) is 6.32. The van der Waals surface area contributed by atoms with Crippen molar-refractivity contribution in [1.82, 2.24) is 9.88 Å². The molecule has 0 unspecified atom stereocenters. The molecule has 0 fully saturated rings. The summed E-state index contributed by atoms with van der Waals surface area (Å²) in [6, 6.07) is 5.17. The van der Waals surface area contributed by atoms with Crippen LogP contribution in [0.1, 0.15) is 5.76 Å². The Balaban J connectivity index is 2.33. The number of aromatic nitrogens is 1. The number of nitro groups is 1. The fourth-order valence-corrected chi connectivity index (χ4v) is 3.13. The number of nitrogens with zero attached hydrogens (tertiary/aromatic N) is 2. The molecular formula is C10H8BrN3O5S. The predicted molar refractivity (Wildman–Crippen MR) is 71.3 cm³/mol. The summed E-state index contributed by atoms with van der Waals surface area (Å²) < 4.78 is 31.6. The van der Waals surface area contributed by atoms with Gasteiger partial charge in [0.05, 0.1) is 17.7 Å². The Hall–Kier alpha value is -1.78. The van der Waals surface area contributed by atoms with Gasteiger partial charge in [0, 0.05) is 16.6 Å². The lowest BCUT2D eigenvalue weighted by Crippen LogP contribution is -2.23. The number of hydrogen-bond acceptors (Lipinski definition) is 6. The predicted octanol–water partition coefficient (Wildman–Crippen LogP) is 1.82. The molecule has 0 saturated heterocycles. The third-order valence-corrected chi connectivity index (χ3v) is 4.26. The van der Waals surface area contributed by atoms with Gasteiger partial charge in [-0.2, -0.15) is 0 Å². The van der Waals surface area contributed by atoms with Crippen molar-refractivity contribution in [2.75, 3.05) is 0 Å². The number of hydrogen-bond donors (Lipinski definition) is 1. The van der Waals surface area contributed by atoms with Gasteiger partial charge < -0.3 is 4.52 Å². The van der Waals surface area contributed by atoms with E-state index in [9.17, 15) is 18.5 Å². The first-order valence-corrected chi connectivity index (χ1v) is 7.51. The molecule has 0 aliphatic heterocycles. The first-order chi connectivity index (χ1) is 9.40. The van der Waals surface area contributed by atoms with Crippen LogP contribution < -0.4 is 4.72 Å². The summed E-state index contributed by atoms with van der Waals surface area (Å²) >= 11 is 3.08. The second-order valence-electron chi connectivity index (χ2n) is 3.67. The van der Waals surface area contributed by atoms with Crippen LogP contribution in [-0.2, 0) is 16.6 Å². The Morgan fingerprint density at radius 2 is 2.15 bits per heavy atom. The van der Waals surface area contributed by atoms with Gasteiger partial charge in [-0.3, -0.25) is 10.1 Å². The molecule has 1 aromatic carbocycles. The highest BCUT2D eigenvalue weighted by molar-refractivity contribution is 9.10. The zero-order valence-electron chi connectivity index (χ0n) is 9.82. The van der Waals surface area contributed by atoms with E-state index in [1.165, 1.54) is 24.4 Å². The van der Waals surface area contributed by atoms with Gasteiger partial charge in [-0.25, -0.2) is 13.1 Å². The maximum Gasteiger partial charge on any atom is 0.289 e. The zero-order valence-corrected chi connectivity index (χ0v) is 12.2. The van der Waals surface area contributed by atoms with Crippen molar-refractivity contribution in [1.29, 1.82) is 0 Å². The van der Waals surface area contributed by atoms with Crippen molar-refractivity contribution < 1.29 is 17.9 Å². The molecule has 0 amide bonds. The topological polar surface area (TPSA) is 115 Å². The zero-order chi connectivity index (χ0) is 14.8. The molecule has 106 valence electrons.